The molecule has 2 aromatic rings. The Morgan fingerprint density at radius 3 is 2.68 bits per heavy atom. The second-order valence-corrected chi connectivity index (χ2v) is 6.09. The SMILES string of the molecule is C#Cc1cccc(NC(=O)CN(C)C(=O)CCc2cccc(Cl)c2)c1. The van der Waals surface area contributed by atoms with E-state index in [-0.39, 0.29) is 18.4 Å². The van der Waals surface area contributed by atoms with E-state index in [9.17, 15) is 9.59 Å². The molecular formula is C20H19ClN2O2. The van der Waals surface area contributed by atoms with Gasteiger partial charge in [0.15, 0.2) is 0 Å². The first-order chi connectivity index (χ1) is 12.0. The van der Waals surface area contributed by atoms with E-state index < -0.39 is 0 Å². The average Bonchev–Trinajstić information content (AvgIpc) is 2.59. The maximum Gasteiger partial charge on any atom is 0.243 e. The van der Waals surface area contributed by atoms with E-state index in [1.165, 1.54) is 4.90 Å². The Morgan fingerprint density at radius 1 is 1.20 bits per heavy atom. The molecule has 0 bridgehead atoms. The Kier molecular flexibility index (Phi) is 6.62. The number of hydrogen-bond acceptors (Lipinski definition) is 2. The zero-order chi connectivity index (χ0) is 18.2. The van der Waals surface area contributed by atoms with Crippen molar-refractivity contribution in [1.82, 2.24) is 4.90 Å². The lowest BCUT2D eigenvalue weighted by Crippen LogP contribution is -2.35. The summed E-state index contributed by atoms with van der Waals surface area (Å²) in [4.78, 5) is 25.7. The maximum atomic E-state index is 12.2. The van der Waals surface area contributed by atoms with E-state index in [0.717, 1.165) is 5.56 Å². The van der Waals surface area contributed by atoms with Crippen LogP contribution in [-0.4, -0.2) is 30.3 Å². The standard InChI is InChI=1S/C20H19ClN2O2/c1-3-15-6-5-9-18(13-15)22-19(24)14-23(2)20(25)11-10-16-7-4-8-17(21)12-16/h1,4-9,12-13H,10-11,14H2,2H3,(H,22,24). The zero-order valence-electron chi connectivity index (χ0n) is 14.0. The molecule has 5 heteroatoms. The summed E-state index contributed by atoms with van der Waals surface area (Å²) >= 11 is 5.93. The second-order valence-electron chi connectivity index (χ2n) is 5.65. The maximum absolute atomic E-state index is 12.2. The Balaban J connectivity index is 1.83. The zero-order valence-corrected chi connectivity index (χ0v) is 14.7. The summed E-state index contributed by atoms with van der Waals surface area (Å²) in [5, 5.41) is 3.38. The van der Waals surface area contributed by atoms with E-state index in [2.05, 4.69) is 11.2 Å². The van der Waals surface area contributed by atoms with Gasteiger partial charge in [0.1, 0.15) is 0 Å². The lowest BCUT2D eigenvalue weighted by molar-refractivity contribution is -0.133. The Morgan fingerprint density at radius 2 is 1.96 bits per heavy atom. The van der Waals surface area contributed by atoms with Crippen molar-refractivity contribution in [2.45, 2.75) is 12.8 Å². The Hall–Kier alpha value is -2.77. The van der Waals surface area contributed by atoms with Gasteiger partial charge in [0.2, 0.25) is 11.8 Å². The number of halogens is 1. The molecule has 0 aliphatic rings. The summed E-state index contributed by atoms with van der Waals surface area (Å²) < 4.78 is 0. The van der Waals surface area contributed by atoms with Crippen molar-refractivity contribution >= 4 is 29.1 Å². The minimum Gasteiger partial charge on any atom is -0.336 e. The molecule has 25 heavy (non-hydrogen) atoms. The molecule has 0 aliphatic heterocycles. The minimum atomic E-state index is -0.271. The third kappa shape index (κ3) is 5.98. The number of carbonyl (C=O) groups is 2. The molecule has 0 radical (unpaired) electrons. The fraction of sp³-hybridized carbons (Fsp3) is 0.200. The minimum absolute atomic E-state index is 0.0192. The van der Waals surface area contributed by atoms with Crippen LogP contribution in [0.25, 0.3) is 0 Å². The van der Waals surface area contributed by atoms with Gasteiger partial charge in [-0.25, -0.2) is 0 Å². The highest BCUT2D eigenvalue weighted by Gasteiger charge is 2.13. The van der Waals surface area contributed by atoms with Crippen LogP contribution < -0.4 is 5.32 Å². The lowest BCUT2D eigenvalue weighted by atomic mass is 10.1. The number of carbonyl (C=O) groups excluding carboxylic acids is 2. The van der Waals surface area contributed by atoms with Gasteiger partial charge in [-0.1, -0.05) is 35.7 Å². The fourth-order valence-electron chi connectivity index (χ4n) is 2.33. The van der Waals surface area contributed by atoms with Crippen LogP contribution in [0.15, 0.2) is 48.5 Å². The van der Waals surface area contributed by atoms with Crippen LogP contribution in [0.1, 0.15) is 17.5 Å². The molecule has 0 unspecified atom stereocenters. The summed E-state index contributed by atoms with van der Waals surface area (Å²) in [5.74, 6) is 2.14. The number of anilines is 1. The summed E-state index contributed by atoms with van der Waals surface area (Å²) in [6, 6.07) is 14.4. The summed E-state index contributed by atoms with van der Waals surface area (Å²) in [5.41, 5.74) is 2.29. The van der Waals surface area contributed by atoms with Crippen LogP contribution in [0.5, 0.6) is 0 Å². The normalized spacial score (nSPS) is 9.96. The summed E-state index contributed by atoms with van der Waals surface area (Å²) in [7, 11) is 1.61. The van der Waals surface area contributed by atoms with Crippen LogP contribution >= 0.6 is 11.6 Å². The first-order valence-electron chi connectivity index (χ1n) is 7.83. The quantitative estimate of drug-likeness (QED) is 0.809. The molecule has 0 aromatic heterocycles. The first-order valence-corrected chi connectivity index (χ1v) is 8.20. The lowest BCUT2D eigenvalue weighted by Gasteiger charge is -2.17. The van der Waals surface area contributed by atoms with Crippen molar-refractivity contribution in [3.63, 3.8) is 0 Å². The van der Waals surface area contributed by atoms with E-state index in [4.69, 9.17) is 18.0 Å². The number of nitrogens with zero attached hydrogens (tertiary/aromatic N) is 1. The van der Waals surface area contributed by atoms with Gasteiger partial charge < -0.3 is 10.2 Å². The topological polar surface area (TPSA) is 49.4 Å². The number of benzene rings is 2. The van der Waals surface area contributed by atoms with E-state index in [1.54, 1.807) is 37.4 Å². The highest BCUT2D eigenvalue weighted by molar-refractivity contribution is 6.30. The van der Waals surface area contributed by atoms with Crippen molar-refractivity contribution in [3.8, 4) is 12.3 Å². The number of hydrogen-bond donors (Lipinski definition) is 1. The van der Waals surface area contributed by atoms with E-state index in [0.29, 0.717) is 29.1 Å². The third-order valence-electron chi connectivity index (χ3n) is 3.64. The molecule has 128 valence electrons. The van der Waals surface area contributed by atoms with Gasteiger partial charge >= 0.3 is 0 Å². The molecule has 0 spiro atoms. The number of likely N-dealkylation sites (N-methyl/N-ethyl adjacent to an activating group) is 1. The molecule has 2 amide bonds. The first kappa shape index (κ1) is 18.6. The van der Waals surface area contributed by atoms with Crippen LogP contribution in [0.3, 0.4) is 0 Å². The van der Waals surface area contributed by atoms with Crippen molar-refractivity contribution in [3.05, 3.63) is 64.7 Å². The average molecular weight is 355 g/mol. The predicted octanol–water partition coefficient (Wildman–Crippen LogP) is 3.35. The second kappa shape index (κ2) is 8.91. The monoisotopic (exact) mass is 354 g/mol. The molecule has 0 aliphatic carbocycles. The van der Waals surface area contributed by atoms with Gasteiger partial charge in [0, 0.05) is 29.7 Å². The largest absolute Gasteiger partial charge is 0.336 e. The number of amides is 2. The third-order valence-corrected chi connectivity index (χ3v) is 3.87. The molecular weight excluding hydrogens is 336 g/mol. The van der Waals surface area contributed by atoms with Crippen LogP contribution in [0.4, 0.5) is 5.69 Å². The van der Waals surface area contributed by atoms with Crippen molar-refractivity contribution in [1.29, 1.82) is 0 Å². The van der Waals surface area contributed by atoms with Crippen LogP contribution in [-0.2, 0) is 16.0 Å². The Labute approximate surface area is 152 Å². The van der Waals surface area contributed by atoms with E-state index >= 15 is 0 Å². The molecule has 0 fully saturated rings. The highest BCUT2D eigenvalue weighted by Crippen LogP contribution is 2.13. The Bertz CT molecular complexity index is 811. The molecule has 0 heterocycles. The van der Waals surface area contributed by atoms with Crippen molar-refractivity contribution in [2.24, 2.45) is 0 Å². The number of terminal acetylenes is 1. The summed E-state index contributed by atoms with van der Waals surface area (Å²) in [6.45, 7) is -0.0192. The molecule has 2 rings (SSSR count). The molecule has 4 nitrogen and oxygen atoms in total. The van der Waals surface area contributed by atoms with Gasteiger partial charge in [-0.05, 0) is 42.3 Å². The van der Waals surface area contributed by atoms with E-state index in [1.807, 2.05) is 18.2 Å². The molecule has 1 N–H and O–H groups in total. The molecule has 0 saturated heterocycles. The van der Waals surface area contributed by atoms with Gasteiger partial charge in [0.25, 0.3) is 0 Å². The number of nitrogens with one attached hydrogen (secondary N) is 1. The molecule has 0 atom stereocenters. The van der Waals surface area contributed by atoms with Gasteiger partial charge in [-0.2, -0.15) is 0 Å². The van der Waals surface area contributed by atoms with Crippen molar-refractivity contribution < 1.29 is 9.59 Å². The molecule has 0 saturated carbocycles. The number of rotatable bonds is 6. The van der Waals surface area contributed by atoms with Crippen molar-refractivity contribution in [2.75, 3.05) is 18.9 Å². The van der Waals surface area contributed by atoms with Crippen LogP contribution in [0, 0.1) is 12.3 Å². The fourth-order valence-corrected chi connectivity index (χ4v) is 2.54. The van der Waals surface area contributed by atoms with Gasteiger partial charge in [-0.15, -0.1) is 6.42 Å². The van der Waals surface area contributed by atoms with Gasteiger partial charge in [0.05, 0.1) is 6.54 Å². The number of aryl methyl sites for hydroxylation is 1. The summed E-state index contributed by atoms with van der Waals surface area (Å²) in [6.07, 6.45) is 6.23. The smallest absolute Gasteiger partial charge is 0.243 e. The predicted molar refractivity (Wildman–Crippen MR) is 100 cm³/mol. The van der Waals surface area contributed by atoms with Crippen LogP contribution in [0.2, 0.25) is 5.02 Å². The van der Waals surface area contributed by atoms with Gasteiger partial charge in [-0.3, -0.25) is 9.59 Å². The molecule has 2 aromatic carbocycles. The highest BCUT2D eigenvalue weighted by atomic mass is 35.5.